The molecule has 1 N–H and O–H groups in total. The van der Waals surface area contributed by atoms with E-state index in [4.69, 9.17) is 10.1 Å². The van der Waals surface area contributed by atoms with Crippen molar-refractivity contribution < 1.29 is 13.9 Å². The molecule has 0 aliphatic carbocycles. The van der Waals surface area contributed by atoms with Crippen LogP contribution in [-0.4, -0.2) is 38.1 Å². The van der Waals surface area contributed by atoms with Gasteiger partial charge >= 0.3 is 0 Å². The molecule has 2 aromatic carbocycles. The van der Waals surface area contributed by atoms with Crippen LogP contribution in [0.4, 0.5) is 4.39 Å². The first-order valence-electron chi connectivity index (χ1n) is 10.9. The SMILES string of the molecule is Cc1cccc(OCC2=NN3C(=N)/C(=C\c4cc(C)n(-c5ccc(F)cc5)c4C)C(=O)N=C3S2)c1. The summed E-state index contributed by atoms with van der Waals surface area (Å²) < 4.78 is 21.2. The highest BCUT2D eigenvalue weighted by Crippen LogP contribution is 2.30. The minimum atomic E-state index is -0.489. The molecule has 2 aliphatic heterocycles. The molecule has 0 atom stereocenters. The number of carbonyl (C=O) groups is 1. The molecule has 0 spiro atoms. The number of aromatic nitrogens is 1. The van der Waals surface area contributed by atoms with Crippen molar-refractivity contribution >= 4 is 39.8 Å². The fraction of sp³-hybridized carbons (Fsp3) is 0.154. The molecular formula is C26H22FN5O2S. The third kappa shape index (κ3) is 4.42. The molecule has 0 saturated carbocycles. The lowest BCUT2D eigenvalue weighted by Crippen LogP contribution is -2.35. The minimum Gasteiger partial charge on any atom is -0.487 e. The number of amides is 1. The van der Waals surface area contributed by atoms with E-state index in [1.165, 1.54) is 28.9 Å². The molecule has 5 rings (SSSR count). The lowest BCUT2D eigenvalue weighted by atomic mass is 10.1. The van der Waals surface area contributed by atoms with Crippen LogP contribution in [0.25, 0.3) is 11.8 Å². The van der Waals surface area contributed by atoms with E-state index in [1.807, 2.05) is 55.7 Å². The highest BCUT2D eigenvalue weighted by atomic mass is 32.2. The van der Waals surface area contributed by atoms with Crippen molar-refractivity contribution in [1.82, 2.24) is 9.58 Å². The second kappa shape index (κ2) is 8.99. The van der Waals surface area contributed by atoms with Gasteiger partial charge < -0.3 is 9.30 Å². The summed E-state index contributed by atoms with van der Waals surface area (Å²) in [6.45, 7) is 6.05. The molecule has 3 heterocycles. The number of rotatable bonds is 5. The molecule has 0 fully saturated rings. The van der Waals surface area contributed by atoms with Crippen LogP contribution in [0.1, 0.15) is 22.5 Å². The topological polar surface area (TPSA) is 83.0 Å². The van der Waals surface area contributed by atoms with Gasteiger partial charge in [0.1, 0.15) is 23.2 Å². The van der Waals surface area contributed by atoms with Crippen molar-refractivity contribution in [3.8, 4) is 11.4 Å². The van der Waals surface area contributed by atoms with Crippen molar-refractivity contribution in [1.29, 1.82) is 5.41 Å². The average Bonchev–Trinajstić information content (AvgIpc) is 3.36. The third-order valence-corrected chi connectivity index (χ3v) is 6.59. The zero-order chi connectivity index (χ0) is 24.7. The number of hydrogen-bond donors (Lipinski definition) is 1. The fourth-order valence-corrected chi connectivity index (χ4v) is 4.82. The summed E-state index contributed by atoms with van der Waals surface area (Å²) in [5.74, 6) is -0.106. The Morgan fingerprint density at radius 2 is 1.89 bits per heavy atom. The maximum Gasteiger partial charge on any atom is 0.283 e. The summed E-state index contributed by atoms with van der Waals surface area (Å²) in [6.07, 6.45) is 1.66. The Hall–Kier alpha value is -3.98. The van der Waals surface area contributed by atoms with Gasteiger partial charge in [-0.1, -0.05) is 12.1 Å². The van der Waals surface area contributed by atoms with Gasteiger partial charge in [-0.2, -0.15) is 15.1 Å². The number of hydrazone groups is 1. The highest BCUT2D eigenvalue weighted by Gasteiger charge is 2.36. The Kier molecular flexibility index (Phi) is 5.86. The number of fused-ring (bicyclic) bond motifs is 1. The van der Waals surface area contributed by atoms with Crippen LogP contribution in [0.3, 0.4) is 0 Å². The molecule has 1 aromatic heterocycles. The Balaban J connectivity index is 1.39. The molecule has 0 bridgehead atoms. The zero-order valence-electron chi connectivity index (χ0n) is 19.4. The molecule has 2 aliphatic rings. The van der Waals surface area contributed by atoms with Gasteiger partial charge in [-0.05, 0) is 92.2 Å². The minimum absolute atomic E-state index is 0.0374. The lowest BCUT2D eigenvalue weighted by Gasteiger charge is -2.20. The highest BCUT2D eigenvalue weighted by molar-refractivity contribution is 8.27. The number of nitrogens with one attached hydrogen (secondary N) is 1. The molecule has 7 nitrogen and oxygen atoms in total. The van der Waals surface area contributed by atoms with Gasteiger partial charge in [0.05, 0.1) is 5.57 Å². The second-order valence-electron chi connectivity index (χ2n) is 8.26. The molecular weight excluding hydrogens is 465 g/mol. The number of ether oxygens (including phenoxy) is 1. The molecule has 0 saturated heterocycles. The van der Waals surface area contributed by atoms with E-state index in [2.05, 4.69) is 10.1 Å². The van der Waals surface area contributed by atoms with E-state index in [-0.39, 0.29) is 23.8 Å². The van der Waals surface area contributed by atoms with E-state index >= 15 is 0 Å². The van der Waals surface area contributed by atoms with Gasteiger partial charge in [0.25, 0.3) is 5.91 Å². The van der Waals surface area contributed by atoms with Gasteiger partial charge in [-0.15, -0.1) is 0 Å². The first-order chi connectivity index (χ1) is 16.8. The van der Waals surface area contributed by atoms with Crippen molar-refractivity contribution in [3.05, 3.63) is 88.5 Å². The van der Waals surface area contributed by atoms with Gasteiger partial charge in [0, 0.05) is 17.1 Å². The van der Waals surface area contributed by atoms with E-state index in [0.717, 1.165) is 34.0 Å². The number of aryl methyl sites for hydroxylation is 2. The first-order valence-corrected chi connectivity index (χ1v) is 11.8. The fourth-order valence-electron chi connectivity index (χ4n) is 4.02. The summed E-state index contributed by atoms with van der Waals surface area (Å²) in [6, 6.07) is 15.8. The Morgan fingerprint density at radius 3 is 2.63 bits per heavy atom. The van der Waals surface area contributed by atoms with Crippen molar-refractivity contribution in [2.24, 2.45) is 10.1 Å². The van der Waals surface area contributed by atoms with Crippen LogP contribution in [0, 0.1) is 32.0 Å². The zero-order valence-corrected chi connectivity index (χ0v) is 20.2. The van der Waals surface area contributed by atoms with Crippen molar-refractivity contribution in [2.45, 2.75) is 20.8 Å². The number of benzene rings is 2. The van der Waals surface area contributed by atoms with Gasteiger partial charge in [0.2, 0.25) is 5.17 Å². The van der Waals surface area contributed by atoms with Crippen LogP contribution in [0.15, 0.2) is 70.3 Å². The summed E-state index contributed by atoms with van der Waals surface area (Å²) >= 11 is 1.22. The average molecular weight is 488 g/mol. The molecule has 1 amide bonds. The predicted molar refractivity (Wildman–Crippen MR) is 137 cm³/mol. The van der Waals surface area contributed by atoms with Gasteiger partial charge in [-0.25, -0.2) is 4.39 Å². The Labute approximate surface area is 206 Å². The van der Waals surface area contributed by atoms with E-state index in [0.29, 0.717) is 10.2 Å². The number of nitrogens with zero attached hydrogens (tertiary/aromatic N) is 4. The summed E-state index contributed by atoms with van der Waals surface area (Å²) in [5, 5.41) is 15.4. The molecule has 176 valence electrons. The quantitative estimate of drug-likeness (QED) is 0.499. The monoisotopic (exact) mass is 487 g/mol. The first kappa shape index (κ1) is 22.8. The Bertz CT molecular complexity index is 1450. The van der Waals surface area contributed by atoms with Crippen LogP contribution in [-0.2, 0) is 4.79 Å². The van der Waals surface area contributed by atoms with Crippen LogP contribution in [0.5, 0.6) is 5.75 Å². The molecule has 3 aromatic rings. The molecule has 0 unspecified atom stereocenters. The standard InChI is InChI=1S/C26H22FN5O2S/c1-15-5-4-6-21(11-15)34-14-23-30-32-24(28)22(25(33)29-26(32)35-23)13-18-12-16(2)31(17(18)3)20-9-7-19(27)8-10-20/h4-13,28H,14H2,1-3H3/b22-13+,28-24?. The largest absolute Gasteiger partial charge is 0.487 e. The lowest BCUT2D eigenvalue weighted by molar-refractivity contribution is -0.114. The normalized spacial score (nSPS) is 16.5. The summed E-state index contributed by atoms with van der Waals surface area (Å²) in [4.78, 5) is 17.0. The molecule has 0 radical (unpaired) electrons. The van der Waals surface area contributed by atoms with Crippen LogP contribution in [0.2, 0.25) is 0 Å². The number of carbonyl (C=O) groups excluding carboxylic acids is 1. The maximum absolute atomic E-state index is 13.4. The molecule has 9 heteroatoms. The number of halogens is 1. The maximum atomic E-state index is 13.4. The summed E-state index contributed by atoms with van der Waals surface area (Å²) in [7, 11) is 0. The van der Waals surface area contributed by atoms with E-state index in [1.54, 1.807) is 18.2 Å². The Morgan fingerprint density at radius 1 is 1.11 bits per heavy atom. The van der Waals surface area contributed by atoms with Gasteiger partial charge in [0.15, 0.2) is 5.84 Å². The van der Waals surface area contributed by atoms with E-state index in [9.17, 15) is 9.18 Å². The number of hydrogen-bond acceptors (Lipinski definition) is 5. The smallest absolute Gasteiger partial charge is 0.283 e. The van der Waals surface area contributed by atoms with Crippen LogP contribution >= 0.6 is 11.8 Å². The molecule has 35 heavy (non-hydrogen) atoms. The van der Waals surface area contributed by atoms with Crippen molar-refractivity contribution in [2.75, 3.05) is 6.61 Å². The number of thioether (sulfide) groups is 1. The second-order valence-corrected chi connectivity index (χ2v) is 9.30. The third-order valence-electron chi connectivity index (χ3n) is 5.70. The van der Waals surface area contributed by atoms with Crippen molar-refractivity contribution in [3.63, 3.8) is 0 Å². The van der Waals surface area contributed by atoms with Crippen LogP contribution < -0.4 is 4.74 Å². The van der Waals surface area contributed by atoms with E-state index < -0.39 is 5.91 Å². The predicted octanol–water partition coefficient (Wildman–Crippen LogP) is 5.24. The number of amidine groups is 2. The number of aliphatic imine (C=N–C) groups is 1. The summed E-state index contributed by atoms with van der Waals surface area (Å²) in [5.41, 5.74) is 4.62. The van der Waals surface area contributed by atoms with Gasteiger partial charge in [-0.3, -0.25) is 10.2 Å².